The van der Waals surface area contributed by atoms with Crippen LogP contribution in [0.4, 0.5) is 13.2 Å². The van der Waals surface area contributed by atoms with E-state index in [1.165, 1.54) is 24.5 Å². The number of nitrogens with zero attached hydrogens (tertiary/aromatic N) is 3. The fourth-order valence-corrected chi connectivity index (χ4v) is 1.91. The Bertz CT molecular complexity index is 810. The topological polar surface area (TPSA) is 57.1 Å². The number of rotatable bonds is 4. The molecular weight excluding hydrogens is 311 g/mol. The molecule has 1 aromatic carbocycles. The second kappa shape index (κ2) is 6.07. The van der Waals surface area contributed by atoms with Gasteiger partial charge in [-0.3, -0.25) is 0 Å². The molecule has 0 atom stereocenters. The zero-order valence-electron chi connectivity index (χ0n) is 11.6. The highest BCUT2D eigenvalue weighted by Crippen LogP contribution is 2.26. The molecule has 2 heterocycles. The Morgan fingerprint density at radius 3 is 2.65 bits per heavy atom. The summed E-state index contributed by atoms with van der Waals surface area (Å²) >= 11 is 0. The lowest BCUT2D eigenvalue weighted by atomic mass is 10.2. The van der Waals surface area contributed by atoms with Crippen LogP contribution in [0.15, 0.2) is 48.9 Å². The van der Waals surface area contributed by atoms with Gasteiger partial charge in [0.2, 0.25) is 5.88 Å². The van der Waals surface area contributed by atoms with Crippen LogP contribution in [0.2, 0.25) is 0 Å². The highest BCUT2D eigenvalue weighted by molar-refractivity contribution is 5.80. The van der Waals surface area contributed by atoms with Crippen molar-refractivity contribution in [1.82, 2.24) is 15.0 Å². The maximum Gasteiger partial charge on any atom is 0.573 e. The number of pyridine rings is 1. The Balaban J connectivity index is 1.76. The molecule has 0 saturated heterocycles. The zero-order valence-corrected chi connectivity index (χ0v) is 11.6. The summed E-state index contributed by atoms with van der Waals surface area (Å²) in [6, 6.07) is 8.80. The van der Waals surface area contributed by atoms with Crippen molar-refractivity contribution in [3.8, 4) is 11.6 Å². The Hall–Kier alpha value is -2.90. The lowest BCUT2D eigenvalue weighted by Gasteiger charge is -2.10. The number of halogens is 3. The van der Waals surface area contributed by atoms with Crippen molar-refractivity contribution in [3.05, 3.63) is 54.6 Å². The van der Waals surface area contributed by atoms with Gasteiger partial charge >= 0.3 is 6.36 Å². The predicted octanol–water partition coefficient (Wildman–Crippen LogP) is 3.50. The van der Waals surface area contributed by atoms with Gasteiger partial charge in [-0.25, -0.2) is 15.0 Å². The molecule has 0 fully saturated rings. The molecule has 8 heteroatoms. The fourth-order valence-electron chi connectivity index (χ4n) is 1.91. The second-order valence-corrected chi connectivity index (χ2v) is 4.54. The van der Waals surface area contributed by atoms with Crippen LogP contribution in [-0.2, 0) is 6.61 Å². The van der Waals surface area contributed by atoms with E-state index < -0.39 is 6.36 Å². The van der Waals surface area contributed by atoms with Crippen LogP contribution in [0.5, 0.6) is 11.6 Å². The van der Waals surface area contributed by atoms with E-state index in [0.717, 1.165) is 0 Å². The fraction of sp³-hybridized carbons (Fsp3) is 0.133. The molecule has 0 unspecified atom stereocenters. The molecule has 0 aliphatic carbocycles. The van der Waals surface area contributed by atoms with Gasteiger partial charge in [0, 0.05) is 17.6 Å². The first-order chi connectivity index (χ1) is 11.0. The van der Waals surface area contributed by atoms with E-state index in [1.54, 1.807) is 24.4 Å². The number of fused-ring (bicyclic) bond motifs is 1. The van der Waals surface area contributed by atoms with Gasteiger partial charge in [0.05, 0.1) is 11.2 Å². The van der Waals surface area contributed by atoms with Crippen LogP contribution in [0, 0.1) is 0 Å². The highest BCUT2D eigenvalue weighted by Gasteiger charge is 2.31. The van der Waals surface area contributed by atoms with Gasteiger partial charge in [-0.1, -0.05) is 0 Å². The first kappa shape index (κ1) is 15.0. The molecule has 2 aromatic heterocycles. The van der Waals surface area contributed by atoms with Crippen LogP contribution in [0.25, 0.3) is 10.9 Å². The molecular formula is C15H10F3N3O2. The number of aromatic nitrogens is 3. The van der Waals surface area contributed by atoms with Gasteiger partial charge < -0.3 is 9.47 Å². The summed E-state index contributed by atoms with van der Waals surface area (Å²) in [5.41, 5.74) is 1.19. The third-order valence-corrected chi connectivity index (χ3v) is 2.88. The van der Waals surface area contributed by atoms with Crippen LogP contribution < -0.4 is 9.47 Å². The van der Waals surface area contributed by atoms with Crippen molar-refractivity contribution in [2.75, 3.05) is 0 Å². The number of alkyl halides is 3. The van der Waals surface area contributed by atoms with Gasteiger partial charge in [0.15, 0.2) is 0 Å². The van der Waals surface area contributed by atoms with Crippen molar-refractivity contribution in [2.45, 2.75) is 13.0 Å². The molecule has 0 saturated carbocycles. The number of hydrogen-bond donors (Lipinski definition) is 0. The Morgan fingerprint density at radius 2 is 1.91 bits per heavy atom. The quantitative estimate of drug-likeness (QED) is 0.736. The third-order valence-electron chi connectivity index (χ3n) is 2.88. The number of benzene rings is 1. The van der Waals surface area contributed by atoms with Gasteiger partial charge in [-0.2, -0.15) is 0 Å². The molecule has 3 rings (SSSR count). The molecule has 5 nitrogen and oxygen atoms in total. The van der Waals surface area contributed by atoms with Crippen molar-refractivity contribution in [2.24, 2.45) is 0 Å². The Morgan fingerprint density at radius 1 is 1.04 bits per heavy atom. The van der Waals surface area contributed by atoms with E-state index in [4.69, 9.17) is 4.74 Å². The molecule has 0 amide bonds. The Labute approximate surface area is 128 Å². The first-order valence-corrected chi connectivity index (χ1v) is 6.54. The average molecular weight is 321 g/mol. The van der Waals surface area contributed by atoms with Gasteiger partial charge in [-0.15, -0.1) is 13.2 Å². The minimum atomic E-state index is -4.72. The van der Waals surface area contributed by atoms with Crippen LogP contribution >= 0.6 is 0 Å². The summed E-state index contributed by atoms with van der Waals surface area (Å²) in [7, 11) is 0. The molecule has 0 bridgehead atoms. The number of hydrogen-bond acceptors (Lipinski definition) is 5. The first-order valence-electron chi connectivity index (χ1n) is 6.54. The van der Waals surface area contributed by atoms with E-state index in [0.29, 0.717) is 22.5 Å². The van der Waals surface area contributed by atoms with Crippen molar-refractivity contribution < 1.29 is 22.6 Å². The van der Waals surface area contributed by atoms with E-state index in [-0.39, 0.29) is 12.4 Å². The standard InChI is InChI=1S/C15H10F3N3O2/c16-15(17,18)23-12-2-3-13-10(7-12)1-4-14(21-13)22-8-11-5-6-19-9-20-11/h1-7,9H,8H2. The summed E-state index contributed by atoms with van der Waals surface area (Å²) in [6.45, 7) is 0.219. The zero-order chi connectivity index (χ0) is 16.3. The Kier molecular flexibility index (Phi) is 3.96. The van der Waals surface area contributed by atoms with Gasteiger partial charge in [0.25, 0.3) is 0 Å². The maximum absolute atomic E-state index is 12.2. The van der Waals surface area contributed by atoms with E-state index >= 15 is 0 Å². The van der Waals surface area contributed by atoms with E-state index in [9.17, 15) is 13.2 Å². The lowest BCUT2D eigenvalue weighted by molar-refractivity contribution is -0.274. The van der Waals surface area contributed by atoms with Crippen molar-refractivity contribution in [1.29, 1.82) is 0 Å². The molecule has 3 aromatic rings. The largest absolute Gasteiger partial charge is 0.573 e. The van der Waals surface area contributed by atoms with Gasteiger partial charge in [0.1, 0.15) is 18.7 Å². The van der Waals surface area contributed by atoms with Gasteiger partial charge in [-0.05, 0) is 30.3 Å². The van der Waals surface area contributed by atoms with Crippen LogP contribution in [0.1, 0.15) is 5.69 Å². The molecule has 118 valence electrons. The average Bonchev–Trinajstić information content (AvgIpc) is 2.52. The third kappa shape index (κ3) is 4.06. The number of ether oxygens (including phenoxy) is 2. The summed E-state index contributed by atoms with van der Waals surface area (Å²) in [6.07, 6.45) is -1.71. The summed E-state index contributed by atoms with van der Waals surface area (Å²) in [4.78, 5) is 12.0. The SMILES string of the molecule is FC(F)(F)Oc1ccc2nc(OCc3ccncn3)ccc2c1. The maximum atomic E-state index is 12.2. The van der Waals surface area contributed by atoms with E-state index in [2.05, 4.69) is 19.7 Å². The smallest absolute Gasteiger partial charge is 0.471 e. The molecule has 0 spiro atoms. The van der Waals surface area contributed by atoms with Crippen molar-refractivity contribution >= 4 is 10.9 Å². The van der Waals surface area contributed by atoms with E-state index in [1.807, 2.05) is 0 Å². The molecule has 0 aliphatic rings. The monoisotopic (exact) mass is 321 g/mol. The summed E-state index contributed by atoms with van der Waals surface area (Å²) in [5.74, 6) is 0.0575. The second-order valence-electron chi connectivity index (χ2n) is 4.54. The minimum Gasteiger partial charge on any atom is -0.471 e. The van der Waals surface area contributed by atoms with Crippen LogP contribution in [-0.4, -0.2) is 21.3 Å². The summed E-state index contributed by atoms with van der Waals surface area (Å²) in [5, 5.41) is 0.515. The molecule has 0 N–H and O–H groups in total. The van der Waals surface area contributed by atoms with Crippen molar-refractivity contribution in [3.63, 3.8) is 0 Å². The molecule has 23 heavy (non-hydrogen) atoms. The summed E-state index contributed by atoms with van der Waals surface area (Å²) < 4.78 is 46.0. The normalized spacial score (nSPS) is 11.4. The van der Waals surface area contributed by atoms with Crippen LogP contribution in [0.3, 0.4) is 0 Å². The minimum absolute atomic E-state index is 0.219. The predicted molar refractivity (Wildman–Crippen MR) is 74.8 cm³/mol. The molecule has 0 aliphatic heterocycles. The highest BCUT2D eigenvalue weighted by atomic mass is 19.4. The lowest BCUT2D eigenvalue weighted by Crippen LogP contribution is -2.17. The molecule has 0 radical (unpaired) electrons.